The molecule has 0 bridgehead atoms. The second kappa shape index (κ2) is 6.64. The Balaban J connectivity index is 0. The highest BCUT2D eigenvalue weighted by Gasteiger charge is 2.15. The quantitative estimate of drug-likeness (QED) is 0.252. The highest BCUT2D eigenvalue weighted by atomic mass is 35.5. The van der Waals surface area contributed by atoms with Crippen LogP contribution in [0.25, 0.3) is 0 Å². The molecule has 0 aliphatic heterocycles. The van der Waals surface area contributed by atoms with Crippen molar-refractivity contribution in [2.75, 3.05) is 0 Å². The fourth-order valence-electron chi connectivity index (χ4n) is 0.535. The van der Waals surface area contributed by atoms with Crippen molar-refractivity contribution in [1.82, 2.24) is 10.7 Å². The summed E-state index contributed by atoms with van der Waals surface area (Å²) in [7, 11) is 0. The molecule has 0 aromatic heterocycles. The number of halogens is 1. The predicted octanol–water partition coefficient (Wildman–Crippen LogP) is -1.75. The average molecular weight is 211 g/mol. The number of hydrazine groups is 1. The van der Waals surface area contributed by atoms with Gasteiger partial charge in [-0.15, -0.1) is 12.4 Å². The first-order valence-electron chi connectivity index (χ1n) is 3.55. The van der Waals surface area contributed by atoms with Gasteiger partial charge in [0.15, 0.2) is 0 Å². The minimum atomic E-state index is -0.659. The minimum absolute atomic E-state index is 0. The summed E-state index contributed by atoms with van der Waals surface area (Å²) in [6.45, 7) is 3.05. The van der Waals surface area contributed by atoms with Gasteiger partial charge in [0, 0.05) is 0 Å². The van der Waals surface area contributed by atoms with E-state index >= 15 is 0 Å². The third kappa shape index (κ3) is 5.40. The molecular weight excluding hydrogens is 196 g/mol. The Hall–Kier alpha value is -0.850. The van der Waals surface area contributed by atoms with E-state index in [1.54, 1.807) is 0 Å². The van der Waals surface area contributed by atoms with Crippen LogP contribution in [0, 0.1) is 0 Å². The second-order valence-electron chi connectivity index (χ2n) is 2.53. The van der Waals surface area contributed by atoms with Crippen LogP contribution in [0.3, 0.4) is 0 Å². The zero-order chi connectivity index (χ0) is 9.72. The van der Waals surface area contributed by atoms with Gasteiger partial charge in [-0.05, 0) is 13.8 Å². The van der Waals surface area contributed by atoms with Crippen molar-refractivity contribution in [1.29, 1.82) is 0 Å². The third-order valence-electron chi connectivity index (χ3n) is 1.31. The number of nitrogens with one attached hydrogen (secondary N) is 2. The fraction of sp³-hybridized carbons (Fsp3) is 0.667. The molecule has 0 aliphatic rings. The zero-order valence-corrected chi connectivity index (χ0v) is 8.35. The Morgan fingerprint density at radius 3 is 2.00 bits per heavy atom. The number of nitrogens with two attached hydrogens (primary N) is 2. The predicted molar refractivity (Wildman–Crippen MR) is 50.8 cm³/mol. The molecule has 78 valence electrons. The molecule has 0 aromatic rings. The topological polar surface area (TPSA) is 110 Å². The summed E-state index contributed by atoms with van der Waals surface area (Å²) in [6, 6.07) is -1.29. The largest absolute Gasteiger partial charge is 0.343 e. The normalized spacial score (nSPS) is 13.5. The number of hydrogen-bond acceptors (Lipinski definition) is 4. The molecule has 0 aliphatic carbocycles. The Bertz CT molecular complexity index is 185. The smallest absolute Gasteiger partial charge is 0.256 e. The first-order chi connectivity index (χ1) is 5.49. The van der Waals surface area contributed by atoms with Crippen molar-refractivity contribution in [3.63, 3.8) is 0 Å². The van der Waals surface area contributed by atoms with Crippen molar-refractivity contribution < 1.29 is 9.59 Å². The molecule has 0 saturated heterocycles. The number of carbonyl (C=O) groups is 2. The van der Waals surface area contributed by atoms with Crippen LogP contribution in [-0.2, 0) is 9.59 Å². The summed E-state index contributed by atoms with van der Waals surface area (Å²) in [5.41, 5.74) is 7.17. The number of amides is 2. The van der Waals surface area contributed by atoms with Crippen LogP contribution in [-0.4, -0.2) is 23.9 Å². The zero-order valence-electron chi connectivity index (χ0n) is 7.53. The van der Waals surface area contributed by atoms with E-state index in [1.807, 2.05) is 5.43 Å². The van der Waals surface area contributed by atoms with Crippen molar-refractivity contribution in [3.8, 4) is 0 Å². The van der Waals surface area contributed by atoms with Gasteiger partial charge in [-0.1, -0.05) is 0 Å². The molecule has 6 nitrogen and oxygen atoms in total. The summed E-state index contributed by atoms with van der Waals surface area (Å²) in [5, 5.41) is 2.37. The lowest BCUT2D eigenvalue weighted by Crippen LogP contribution is -2.50. The van der Waals surface area contributed by atoms with Gasteiger partial charge >= 0.3 is 0 Å². The SMILES string of the molecule is CC(N)C(=O)NC(C)C(=O)NN.Cl. The maximum absolute atomic E-state index is 10.9. The Morgan fingerprint density at radius 2 is 1.69 bits per heavy atom. The van der Waals surface area contributed by atoms with Crippen molar-refractivity contribution in [2.24, 2.45) is 11.6 Å². The molecule has 0 aromatic carbocycles. The van der Waals surface area contributed by atoms with Crippen LogP contribution >= 0.6 is 12.4 Å². The van der Waals surface area contributed by atoms with Gasteiger partial charge in [0.05, 0.1) is 6.04 Å². The molecule has 2 atom stereocenters. The van der Waals surface area contributed by atoms with E-state index in [9.17, 15) is 9.59 Å². The van der Waals surface area contributed by atoms with E-state index in [1.165, 1.54) is 13.8 Å². The number of carbonyl (C=O) groups excluding carboxylic acids is 2. The molecule has 7 heteroatoms. The molecule has 0 saturated carbocycles. The van der Waals surface area contributed by atoms with Gasteiger partial charge in [-0.2, -0.15) is 0 Å². The summed E-state index contributed by atoms with van der Waals surface area (Å²) in [4.78, 5) is 21.7. The van der Waals surface area contributed by atoms with Crippen molar-refractivity contribution >= 4 is 24.2 Å². The van der Waals surface area contributed by atoms with Crippen LogP contribution in [0.15, 0.2) is 0 Å². The van der Waals surface area contributed by atoms with E-state index in [2.05, 4.69) is 5.32 Å². The van der Waals surface area contributed by atoms with E-state index in [0.29, 0.717) is 0 Å². The summed E-state index contributed by atoms with van der Waals surface area (Å²) in [5.74, 6) is 4.00. The lowest BCUT2D eigenvalue weighted by atomic mass is 10.2. The van der Waals surface area contributed by atoms with Crippen LogP contribution < -0.4 is 22.3 Å². The lowest BCUT2D eigenvalue weighted by molar-refractivity contribution is -0.129. The fourth-order valence-corrected chi connectivity index (χ4v) is 0.535. The van der Waals surface area contributed by atoms with Gasteiger partial charge in [0.25, 0.3) is 5.91 Å². The van der Waals surface area contributed by atoms with E-state index in [0.717, 1.165) is 0 Å². The number of rotatable bonds is 3. The molecule has 2 amide bonds. The molecule has 0 fully saturated rings. The van der Waals surface area contributed by atoms with Crippen LogP contribution in [0.5, 0.6) is 0 Å². The van der Waals surface area contributed by atoms with E-state index in [4.69, 9.17) is 11.6 Å². The summed E-state index contributed by atoms with van der Waals surface area (Å²) >= 11 is 0. The molecule has 2 unspecified atom stereocenters. The van der Waals surface area contributed by atoms with Crippen LogP contribution in [0.4, 0.5) is 0 Å². The molecule has 6 N–H and O–H groups in total. The molecule has 0 rings (SSSR count). The minimum Gasteiger partial charge on any atom is -0.343 e. The molecule has 0 radical (unpaired) electrons. The van der Waals surface area contributed by atoms with E-state index < -0.39 is 18.0 Å². The van der Waals surface area contributed by atoms with Gasteiger partial charge in [0.1, 0.15) is 6.04 Å². The van der Waals surface area contributed by atoms with Gasteiger partial charge < -0.3 is 11.1 Å². The average Bonchev–Trinajstić information content (AvgIpc) is 2.02. The first-order valence-corrected chi connectivity index (χ1v) is 3.55. The van der Waals surface area contributed by atoms with Gasteiger partial charge in [0.2, 0.25) is 5.91 Å². The summed E-state index contributed by atoms with van der Waals surface area (Å²) < 4.78 is 0. The Morgan fingerprint density at radius 1 is 1.23 bits per heavy atom. The van der Waals surface area contributed by atoms with Crippen molar-refractivity contribution in [2.45, 2.75) is 25.9 Å². The molecule has 13 heavy (non-hydrogen) atoms. The Labute approximate surface area is 82.8 Å². The van der Waals surface area contributed by atoms with Gasteiger partial charge in [-0.3, -0.25) is 15.0 Å². The standard InChI is InChI=1S/C6H14N4O2.ClH/c1-3(7)5(11)9-4(2)6(12)10-8;/h3-4H,7-8H2,1-2H3,(H,9,11)(H,10,12);1H. The van der Waals surface area contributed by atoms with Crippen molar-refractivity contribution in [3.05, 3.63) is 0 Å². The summed E-state index contributed by atoms with van der Waals surface area (Å²) in [6.07, 6.45) is 0. The Kier molecular flexibility index (Phi) is 7.49. The second-order valence-corrected chi connectivity index (χ2v) is 2.53. The molecular formula is C6H15ClN4O2. The molecule has 0 spiro atoms. The highest BCUT2D eigenvalue weighted by Crippen LogP contribution is 1.82. The maximum Gasteiger partial charge on any atom is 0.256 e. The third-order valence-corrected chi connectivity index (χ3v) is 1.31. The monoisotopic (exact) mass is 210 g/mol. The molecule has 0 heterocycles. The maximum atomic E-state index is 10.9. The first kappa shape index (κ1) is 14.7. The lowest BCUT2D eigenvalue weighted by Gasteiger charge is -2.13. The highest BCUT2D eigenvalue weighted by molar-refractivity contribution is 5.88. The number of hydrogen-bond donors (Lipinski definition) is 4. The van der Waals surface area contributed by atoms with Gasteiger partial charge in [-0.25, -0.2) is 5.84 Å². The van der Waals surface area contributed by atoms with E-state index in [-0.39, 0.29) is 18.3 Å². The van der Waals surface area contributed by atoms with Crippen LogP contribution in [0.2, 0.25) is 0 Å². The van der Waals surface area contributed by atoms with Crippen LogP contribution in [0.1, 0.15) is 13.8 Å².